The maximum atomic E-state index is 13.5. The zero-order valence-corrected chi connectivity index (χ0v) is 22.9. The average molecular weight is 499 g/mol. The third-order valence-electron chi connectivity index (χ3n) is 9.58. The Balaban J connectivity index is 1.45. The van der Waals surface area contributed by atoms with Crippen LogP contribution in [0.1, 0.15) is 90.7 Å². The number of urea groups is 1. The minimum Gasteiger partial charge on any atom is -0.469 e. The van der Waals surface area contributed by atoms with Crippen molar-refractivity contribution in [2.24, 2.45) is 22.7 Å². The zero-order chi connectivity index (χ0) is 25.6. The van der Waals surface area contributed by atoms with Gasteiger partial charge >= 0.3 is 12.0 Å². The summed E-state index contributed by atoms with van der Waals surface area (Å²) in [7, 11) is 1.44. The van der Waals surface area contributed by atoms with Crippen LogP contribution in [0.2, 0.25) is 5.02 Å². The molecular weight excluding hydrogens is 460 g/mol. The quantitative estimate of drug-likeness (QED) is 0.441. The molecule has 0 aromatic heterocycles. The highest BCUT2D eigenvalue weighted by atomic mass is 35.5. The first kappa shape index (κ1) is 24.7. The van der Waals surface area contributed by atoms with Crippen molar-refractivity contribution in [3.8, 4) is 0 Å². The zero-order valence-electron chi connectivity index (χ0n) is 22.1. The Bertz CT molecular complexity index is 1100. The minimum absolute atomic E-state index is 0.104. The molecule has 4 atom stereocenters. The number of nitrogens with zero attached hydrogens (tertiary/aromatic N) is 1. The highest BCUT2D eigenvalue weighted by molar-refractivity contribution is 6.31. The predicted molar refractivity (Wildman–Crippen MR) is 138 cm³/mol. The van der Waals surface area contributed by atoms with E-state index in [-0.39, 0.29) is 28.9 Å². The van der Waals surface area contributed by atoms with Crippen molar-refractivity contribution in [2.45, 2.75) is 90.6 Å². The number of halogens is 1. The number of rotatable bonds is 6. The van der Waals surface area contributed by atoms with Gasteiger partial charge in [-0.2, -0.15) is 0 Å². The second-order valence-electron chi connectivity index (χ2n) is 12.9. The summed E-state index contributed by atoms with van der Waals surface area (Å²) in [6, 6.07) is 6.29. The van der Waals surface area contributed by atoms with Crippen LogP contribution in [0.25, 0.3) is 0 Å². The fraction of sp³-hybridized carbons (Fsp3) is 0.655. The van der Waals surface area contributed by atoms with Gasteiger partial charge in [-0.1, -0.05) is 58.4 Å². The van der Waals surface area contributed by atoms with E-state index in [9.17, 15) is 9.59 Å². The Morgan fingerprint density at radius 1 is 1.29 bits per heavy atom. The highest BCUT2D eigenvalue weighted by Crippen LogP contribution is 2.71. The van der Waals surface area contributed by atoms with E-state index >= 15 is 0 Å². The van der Waals surface area contributed by atoms with Gasteiger partial charge < -0.3 is 10.1 Å². The summed E-state index contributed by atoms with van der Waals surface area (Å²) in [5.74, 6) is 1.29. The van der Waals surface area contributed by atoms with E-state index in [1.54, 1.807) is 0 Å². The average Bonchev–Trinajstić information content (AvgIpc) is 3.53. The molecule has 5 aliphatic rings. The topological polar surface area (TPSA) is 58.6 Å². The van der Waals surface area contributed by atoms with Gasteiger partial charge in [0.2, 0.25) is 0 Å². The van der Waals surface area contributed by atoms with Crippen molar-refractivity contribution in [2.75, 3.05) is 7.11 Å². The second kappa shape index (κ2) is 7.74. The number of carbonyl (C=O) groups is 2. The van der Waals surface area contributed by atoms with Gasteiger partial charge in [0.05, 0.1) is 23.6 Å². The molecule has 1 heterocycles. The first-order valence-electron chi connectivity index (χ1n) is 13.0. The van der Waals surface area contributed by atoms with Crippen LogP contribution in [0.4, 0.5) is 4.79 Å². The lowest BCUT2D eigenvalue weighted by molar-refractivity contribution is -0.218. The van der Waals surface area contributed by atoms with Crippen molar-refractivity contribution < 1.29 is 14.3 Å². The lowest BCUT2D eigenvalue weighted by atomic mass is 9.38. The molecule has 35 heavy (non-hydrogen) atoms. The smallest absolute Gasteiger partial charge is 0.322 e. The Hall–Kier alpha value is -2.01. The Morgan fingerprint density at radius 3 is 2.46 bits per heavy atom. The summed E-state index contributed by atoms with van der Waals surface area (Å²) in [5.41, 5.74) is 2.40. The van der Waals surface area contributed by atoms with Crippen LogP contribution in [0.3, 0.4) is 0 Å². The monoisotopic (exact) mass is 498 g/mol. The predicted octanol–water partition coefficient (Wildman–Crippen LogP) is 6.76. The number of esters is 1. The molecule has 6 rings (SSSR count). The first-order chi connectivity index (χ1) is 16.3. The van der Waals surface area contributed by atoms with E-state index in [0.717, 1.165) is 17.0 Å². The molecule has 1 aromatic carbocycles. The third kappa shape index (κ3) is 3.55. The standard InChI is InChI=1S/C29H39ClN2O3/c1-8-17(2)22-13-32(29-14-28(15-29,16-29)24(33)35-7)25(34)31-27(22,6)18-9-10-19(23(30)11-18)20-12-21(20)26(3,4)5/h9-11,13,17,20-21H,8,12,14-16H2,1-7H3,(H,31,34)/t17-,20?,21?,27-,28?,29?/m0/s1. The SMILES string of the molecule is CC[C@H](C)C1=CN(C23CC(C(=O)OC)(C2)C3)C(=O)N[C@@]1(C)c1ccc(C2CC2C(C)(C)C)c(Cl)c1. The molecule has 2 amide bonds. The summed E-state index contributed by atoms with van der Waals surface area (Å²) in [5, 5.41) is 4.14. The minimum atomic E-state index is -0.637. The van der Waals surface area contributed by atoms with Gasteiger partial charge in [0.25, 0.3) is 0 Å². The molecule has 1 N–H and O–H groups in total. The summed E-state index contributed by atoms with van der Waals surface area (Å²) in [4.78, 5) is 27.5. The second-order valence-corrected chi connectivity index (χ2v) is 13.3. The van der Waals surface area contributed by atoms with Crippen LogP contribution in [0, 0.1) is 22.7 Å². The molecule has 4 aliphatic carbocycles. The van der Waals surface area contributed by atoms with Crippen molar-refractivity contribution in [1.29, 1.82) is 0 Å². The third-order valence-corrected chi connectivity index (χ3v) is 9.90. The van der Waals surface area contributed by atoms with E-state index in [0.29, 0.717) is 31.1 Å². The molecule has 2 unspecified atom stereocenters. The molecule has 5 nitrogen and oxygen atoms in total. The normalized spacial score (nSPS) is 36.4. The molecule has 0 spiro atoms. The van der Waals surface area contributed by atoms with E-state index in [4.69, 9.17) is 16.3 Å². The number of hydrogen-bond acceptors (Lipinski definition) is 3. The molecule has 190 valence electrons. The van der Waals surface area contributed by atoms with Crippen LogP contribution in [0.15, 0.2) is 30.0 Å². The number of hydrogen-bond donors (Lipinski definition) is 1. The van der Waals surface area contributed by atoms with Gasteiger partial charge in [0, 0.05) is 11.2 Å². The van der Waals surface area contributed by atoms with E-state index in [1.165, 1.54) is 24.7 Å². The van der Waals surface area contributed by atoms with Crippen molar-refractivity contribution in [3.63, 3.8) is 0 Å². The van der Waals surface area contributed by atoms with Crippen molar-refractivity contribution in [1.82, 2.24) is 10.2 Å². The summed E-state index contributed by atoms with van der Waals surface area (Å²) >= 11 is 6.87. The van der Waals surface area contributed by atoms with Crippen LogP contribution >= 0.6 is 11.6 Å². The number of methoxy groups -OCH3 is 1. The molecule has 4 fully saturated rings. The van der Waals surface area contributed by atoms with Crippen LogP contribution < -0.4 is 5.32 Å². The summed E-state index contributed by atoms with van der Waals surface area (Å²) < 4.78 is 5.00. The van der Waals surface area contributed by atoms with Crippen LogP contribution in [-0.4, -0.2) is 29.5 Å². The van der Waals surface area contributed by atoms with E-state index < -0.39 is 11.0 Å². The van der Waals surface area contributed by atoms with Crippen LogP contribution in [-0.2, 0) is 15.1 Å². The van der Waals surface area contributed by atoms with Gasteiger partial charge in [0.15, 0.2) is 0 Å². The van der Waals surface area contributed by atoms with E-state index in [2.05, 4.69) is 71.3 Å². The maximum absolute atomic E-state index is 13.5. The number of benzene rings is 1. The largest absolute Gasteiger partial charge is 0.469 e. The number of ether oxygens (including phenoxy) is 1. The highest BCUT2D eigenvalue weighted by Gasteiger charge is 2.75. The molecular formula is C29H39ClN2O3. The molecule has 0 saturated heterocycles. The van der Waals surface area contributed by atoms with E-state index in [1.807, 2.05) is 4.90 Å². The molecule has 4 saturated carbocycles. The Morgan fingerprint density at radius 2 is 1.94 bits per heavy atom. The number of carbonyl (C=O) groups excluding carboxylic acids is 2. The first-order valence-corrected chi connectivity index (χ1v) is 13.4. The fourth-order valence-electron chi connectivity index (χ4n) is 7.16. The van der Waals surface area contributed by atoms with Gasteiger partial charge in [-0.15, -0.1) is 0 Å². The molecule has 1 aliphatic heterocycles. The van der Waals surface area contributed by atoms with Crippen molar-refractivity contribution in [3.05, 3.63) is 46.1 Å². The molecule has 2 bridgehead atoms. The summed E-state index contributed by atoms with van der Waals surface area (Å²) in [6.45, 7) is 13.4. The Kier molecular flexibility index (Phi) is 5.46. The lowest BCUT2D eigenvalue weighted by Crippen LogP contribution is -2.78. The lowest BCUT2D eigenvalue weighted by Gasteiger charge is -2.71. The van der Waals surface area contributed by atoms with Gasteiger partial charge in [-0.25, -0.2) is 4.79 Å². The van der Waals surface area contributed by atoms with Crippen LogP contribution in [0.5, 0.6) is 0 Å². The Labute approximate surface area is 214 Å². The summed E-state index contributed by atoms with van der Waals surface area (Å²) in [6.07, 6.45) is 6.25. The number of nitrogens with one attached hydrogen (secondary N) is 1. The maximum Gasteiger partial charge on any atom is 0.322 e. The van der Waals surface area contributed by atoms with Gasteiger partial charge in [0.1, 0.15) is 0 Å². The fourth-order valence-corrected chi connectivity index (χ4v) is 7.48. The van der Waals surface area contributed by atoms with Gasteiger partial charge in [-0.05, 0) is 85.0 Å². The van der Waals surface area contributed by atoms with Gasteiger partial charge in [-0.3, -0.25) is 9.69 Å². The molecule has 6 heteroatoms. The van der Waals surface area contributed by atoms with Crippen molar-refractivity contribution >= 4 is 23.6 Å². The molecule has 0 radical (unpaired) electrons. The number of amides is 2. The molecule has 1 aromatic rings.